The maximum atomic E-state index is 12.3. The van der Waals surface area contributed by atoms with Gasteiger partial charge >= 0.3 is 0 Å². The molecule has 4 aliphatic carbocycles. The number of anilines is 1. The molecule has 4 aliphatic rings. The number of thioether (sulfide) groups is 1. The number of nitrogens with one attached hydrogen (secondary N) is 1. The zero-order valence-corrected chi connectivity index (χ0v) is 17.5. The van der Waals surface area contributed by atoms with Crippen molar-refractivity contribution in [2.75, 3.05) is 11.1 Å². The predicted octanol–water partition coefficient (Wildman–Crippen LogP) is 5.23. The minimum atomic E-state index is -0.134. The first-order valence-electron chi connectivity index (χ1n) is 10.0. The third-order valence-electron chi connectivity index (χ3n) is 6.62. The van der Waals surface area contributed by atoms with Gasteiger partial charge in [-0.1, -0.05) is 29.4 Å². The molecule has 1 aromatic carbocycles. The van der Waals surface area contributed by atoms with Crippen LogP contribution in [0.1, 0.15) is 50.0 Å². The van der Waals surface area contributed by atoms with E-state index in [1.807, 2.05) is 25.1 Å². The fourth-order valence-electron chi connectivity index (χ4n) is 5.89. The summed E-state index contributed by atoms with van der Waals surface area (Å²) in [6.07, 6.45) is 7.73. The number of carbonyl (C=O) groups is 1. The summed E-state index contributed by atoms with van der Waals surface area (Å²) in [5, 5.41) is 12.5. The Morgan fingerprint density at radius 3 is 2.54 bits per heavy atom. The second-order valence-electron chi connectivity index (χ2n) is 8.89. The number of carbonyl (C=O) groups excluding carboxylic acids is 1. The number of aryl methyl sites for hydroxylation is 1. The van der Waals surface area contributed by atoms with E-state index in [1.54, 1.807) is 0 Å². The van der Waals surface area contributed by atoms with Gasteiger partial charge in [0.15, 0.2) is 0 Å². The molecule has 1 amide bonds. The minimum absolute atomic E-state index is 0.0955. The van der Waals surface area contributed by atoms with E-state index < -0.39 is 0 Å². The molecule has 4 saturated carbocycles. The van der Waals surface area contributed by atoms with Crippen molar-refractivity contribution in [3.63, 3.8) is 0 Å². The van der Waals surface area contributed by atoms with Crippen LogP contribution in [0.25, 0.3) is 0 Å². The molecule has 0 saturated heterocycles. The molecule has 2 aromatic rings. The highest BCUT2D eigenvalue weighted by Gasteiger charge is 2.54. The van der Waals surface area contributed by atoms with Crippen molar-refractivity contribution in [3.8, 4) is 0 Å². The Hall–Kier alpha value is -1.53. The Morgan fingerprint density at radius 1 is 1.21 bits per heavy atom. The Balaban J connectivity index is 1.22. The molecule has 0 aliphatic heterocycles. The topological polar surface area (TPSA) is 68.0 Å². The molecule has 148 valence electrons. The number of amides is 1. The van der Waals surface area contributed by atoms with Gasteiger partial charge in [0.1, 0.15) is 0 Å². The van der Waals surface area contributed by atoms with E-state index in [0.717, 1.165) is 29.2 Å². The molecule has 7 heteroatoms. The van der Waals surface area contributed by atoms with Crippen molar-refractivity contribution in [3.05, 3.63) is 34.7 Å². The van der Waals surface area contributed by atoms with Gasteiger partial charge in [0.25, 0.3) is 5.22 Å². The van der Waals surface area contributed by atoms with Gasteiger partial charge in [0.05, 0.1) is 16.5 Å². The largest absolute Gasteiger partial charge is 0.415 e. The lowest BCUT2D eigenvalue weighted by Crippen LogP contribution is -2.48. The van der Waals surface area contributed by atoms with Gasteiger partial charge in [-0.05, 0) is 80.9 Å². The third-order valence-corrected chi connectivity index (χ3v) is 7.75. The summed E-state index contributed by atoms with van der Waals surface area (Å²) >= 11 is 7.47. The first-order valence-corrected chi connectivity index (χ1v) is 11.4. The molecular weight excluding hydrogens is 394 g/mol. The Bertz CT molecular complexity index is 878. The number of nitrogens with zero attached hydrogens (tertiary/aromatic N) is 2. The molecular formula is C21H24ClN3O2S. The van der Waals surface area contributed by atoms with Gasteiger partial charge in [-0.25, -0.2) is 0 Å². The highest BCUT2D eigenvalue weighted by Crippen LogP contribution is 2.60. The van der Waals surface area contributed by atoms with Crippen molar-refractivity contribution in [2.24, 2.45) is 17.8 Å². The molecule has 4 bridgehead atoms. The Kier molecular flexibility index (Phi) is 4.67. The van der Waals surface area contributed by atoms with E-state index in [-0.39, 0.29) is 17.1 Å². The lowest BCUT2D eigenvalue weighted by atomic mass is 9.49. The maximum Gasteiger partial charge on any atom is 0.277 e. The smallest absolute Gasteiger partial charge is 0.277 e. The first kappa shape index (κ1) is 18.5. The fraction of sp³-hybridized carbons (Fsp3) is 0.571. The molecule has 28 heavy (non-hydrogen) atoms. The van der Waals surface area contributed by atoms with Crippen molar-refractivity contribution in [2.45, 2.75) is 56.1 Å². The van der Waals surface area contributed by atoms with Gasteiger partial charge in [0.2, 0.25) is 11.8 Å². The van der Waals surface area contributed by atoms with Crippen LogP contribution in [0.4, 0.5) is 5.69 Å². The quantitative estimate of drug-likeness (QED) is 0.674. The van der Waals surface area contributed by atoms with Gasteiger partial charge in [-0.2, -0.15) is 0 Å². The molecule has 6 rings (SSSR count). The summed E-state index contributed by atoms with van der Waals surface area (Å²) in [4.78, 5) is 12.3. The van der Waals surface area contributed by atoms with Gasteiger partial charge in [0, 0.05) is 5.41 Å². The molecule has 0 atom stereocenters. The van der Waals surface area contributed by atoms with E-state index in [4.69, 9.17) is 16.0 Å². The monoisotopic (exact) mass is 417 g/mol. The fourth-order valence-corrected chi connectivity index (χ4v) is 6.74. The average Bonchev–Trinajstić information content (AvgIpc) is 3.11. The van der Waals surface area contributed by atoms with E-state index in [9.17, 15) is 4.79 Å². The molecule has 4 fully saturated rings. The van der Waals surface area contributed by atoms with Gasteiger partial charge in [-0.3, -0.25) is 4.79 Å². The second kappa shape index (κ2) is 7.06. The second-order valence-corrected chi connectivity index (χ2v) is 10.2. The molecule has 0 unspecified atom stereocenters. The number of benzene rings is 1. The van der Waals surface area contributed by atoms with E-state index in [0.29, 0.717) is 15.9 Å². The lowest BCUT2D eigenvalue weighted by Gasteiger charge is -2.55. The van der Waals surface area contributed by atoms with Crippen LogP contribution in [0, 0.1) is 24.7 Å². The average molecular weight is 418 g/mol. The summed E-state index contributed by atoms with van der Waals surface area (Å²) in [7, 11) is 0. The van der Waals surface area contributed by atoms with Crippen LogP contribution in [0.3, 0.4) is 0 Å². The highest BCUT2D eigenvalue weighted by atomic mass is 35.5. The Morgan fingerprint density at radius 2 is 1.89 bits per heavy atom. The summed E-state index contributed by atoms with van der Waals surface area (Å²) in [6, 6.07) is 5.57. The SMILES string of the molecule is Cc1ccc(NC(=O)CSc2nnc(C34CC5CC(CC(C5)C3)C4)o2)c(Cl)c1. The summed E-state index contributed by atoms with van der Waals surface area (Å²) < 4.78 is 6.04. The zero-order chi connectivity index (χ0) is 19.3. The molecule has 5 nitrogen and oxygen atoms in total. The number of aromatic nitrogens is 2. The molecule has 0 spiro atoms. The van der Waals surface area contributed by atoms with Crippen LogP contribution in [0.5, 0.6) is 0 Å². The van der Waals surface area contributed by atoms with Crippen molar-refractivity contribution < 1.29 is 9.21 Å². The van der Waals surface area contributed by atoms with Crippen LogP contribution in [0.2, 0.25) is 5.02 Å². The Labute approximate surface area is 174 Å². The van der Waals surface area contributed by atoms with Crippen LogP contribution >= 0.6 is 23.4 Å². The van der Waals surface area contributed by atoms with Crippen LogP contribution in [0.15, 0.2) is 27.8 Å². The third kappa shape index (κ3) is 3.45. The van der Waals surface area contributed by atoms with Gasteiger partial charge in [-0.15, -0.1) is 10.2 Å². The maximum absolute atomic E-state index is 12.3. The zero-order valence-electron chi connectivity index (χ0n) is 15.9. The van der Waals surface area contributed by atoms with Crippen LogP contribution in [-0.2, 0) is 10.2 Å². The summed E-state index contributed by atoms with van der Waals surface area (Å²) in [5.74, 6) is 3.38. The molecule has 1 aromatic heterocycles. The first-order chi connectivity index (χ1) is 13.5. The lowest BCUT2D eigenvalue weighted by molar-refractivity contribution is -0.113. The molecule has 0 radical (unpaired) electrons. The van der Waals surface area contributed by atoms with E-state index in [1.165, 1.54) is 50.3 Å². The molecule has 1 N–H and O–H groups in total. The number of hydrogen-bond donors (Lipinski definition) is 1. The van der Waals surface area contributed by atoms with Crippen molar-refractivity contribution in [1.29, 1.82) is 0 Å². The standard InChI is InChI=1S/C21H24ClN3O2S/c1-12-2-3-17(16(22)4-12)23-18(26)11-28-20-25-24-19(27-20)21-8-13-5-14(9-21)7-15(6-13)10-21/h2-4,13-15H,5-11H2,1H3,(H,23,26). The summed E-state index contributed by atoms with van der Waals surface area (Å²) in [5.41, 5.74) is 1.77. The van der Waals surface area contributed by atoms with Crippen molar-refractivity contribution in [1.82, 2.24) is 10.2 Å². The van der Waals surface area contributed by atoms with Crippen LogP contribution < -0.4 is 5.32 Å². The summed E-state index contributed by atoms with van der Waals surface area (Å²) in [6.45, 7) is 1.96. The van der Waals surface area contributed by atoms with Gasteiger partial charge < -0.3 is 9.73 Å². The van der Waals surface area contributed by atoms with E-state index >= 15 is 0 Å². The number of halogens is 1. The minimum Gasteiger partial charge on any atom is -0.415 e. The predicted molar refractivity (Wildman–Crippen MR) is 110 cm³/mol. The normalized spacial score (nSPS) is 30.6. The van der Waals surface area contributed by atoms with Crippen LogP contribution in [-0.4, -0.2) is 21.9 Å². The highest BCUT2D eigenvalue weighted by molar-refractivity contribution is 7.99. The number of hydrogen-bond acceptors (Lipinski definition) is 5. The number of rotatable bonds is 5. The molecule has 1 heterocycles. The van der Waals surface area contributed by atoms with E-state index in [2.05, 4.69) is 15.5 Å². The van der Waals surface area contributed by atoms with Crippen molar-refractivity contribution >= 4 is 35.0 Å².